The molecule has 0 radical (unpaired) electrons. The van der Waals surface area contributed by atoms with Crippen molar-refractivity contribution in [2.45, 2.75) is 51.0 Å². The molecule has 0 aromatic heterocycles. The lowest BCUT2D eigenvalue weighted by molar-refractivity contribution is 0.0924. The highest BCUT2D eigenvalue weighted by atomic mass is 16.6. The van der Waals surface area contributed by atoms with E-state index >= 15 is 0 Å². The van der Waals surface area contributed by atoms with Gasteiger partial charge in [-0.2, -0.15) is 10.2 Å². The van der Waals surface area contributed by atoms with Gasteiger partial charge in [-0.3, -0.25) is 0 Å². The van der Waals surface area contributed by atoms with Gasteiger partial charge in [0.25, 0.3) is 0 Å². The van der Waals surface area contributed by atoms with E-state index in [1.54, 1.807) is 0 Å². The lowest BCUT2D eigenvalue weighted by atomic mass is 10.0. The molecule has 0 saturated carbocycles. The molecule has 0 saturated heterocycles. The highest BCUT2D eigenvalue weighted by Crippen LogP contribution is 2.14. The number of rotatable bonds is 1. The Morgan fingerprint density at radius 3 is 2.19 bits per heavy atom. The molecule has 0 bridgehead atoms. The van der Waals surface area contributed by atoms with Crippen molar-refractivity contribution in [1.29, 1.82) is 0 Å². The van der Waals surface area contributed by atoms with Gasteiger partial charge in [-0.1, -0.05) is 6.42 Å². The smallest absolute Gasteiger partial charge is 0.404 e. The third-order valence-electron chi connectivity index (χ3n) is 2.70. The predicted octanol–water partition coefficient (Wildman–Crippen LogP) is 2.65. The molecule has 0 aromatic carbocycles. The van der Waals surface area contributed by atoms with Crippen molar-refractivity contribution in [1.82, 2.24) is 0 Å². The average molecular weight is 227 g/mol. The molecule has 5 heteroatoms. The second-order valence-corrected chi connectivity index (χ2v) is 4.13. The van der Waals surface area contributed by atoms with Crippen LogP contribution in [0.5, 0.6) is 0 Å². The van der Waals surface area contributed by atoms with Crippen molar-refractivity contribution in [2.24, 2.45) is 16.0 Å². The number of primary amides is 1. The Kier molecular flexibility index (Phi) is 6.53. The van der Waals surface area contributed by atoms with E-state index in [-0.39, 0.29) is 6.10 Å². The summed E-state index contributed by atoms with van der Waals surface area (Å²) in [6, 6.07) is 0. The zero-order chi connectivity index (χ0) is 11.6. The van der Waals surface area contributed by atoms with Gasteiger partial charge >= 0.3 is 6.09 Å². The Hall–Kier alpha value is -1.13. The molecule has 0 spiro atoms. The number of amides is 1. The fraction of sp³-hybridized carbons (Fsp3) is 0.909. The molecule has 2 N–H and O–H groups in total. The summed E-state index contributed by atoms with van der Waals surface area (Å²) in [6.45, 7) is 1.60. The van der Waals surface area contributed by atoms with Crippen molar-refractivity contribution in [3.05, 3.63) is 0 Å². The van der Waals surface area contributed by atoms with Gasteiger partial charge in [0.05, 0.1) is 13.1 Å². The average Bonchev–Trinajstić information content (AvgIpc) is 2.21. The second-order valence-electron chi connectivity index (χ2n) is 4.13. The Morgan fingerprint density at radius 2 is 1.56 bits per heavy atom. The third kappa shape index (κ3) is 6.37. The number of carbonyl (C=O) groups is 1. The molecule has 0 aliphatic carbocycles. The minimum Gasteiger partial charge on any atom is -0.446 e. The topological polar surface area (TPSA) is 77.0 Å². The van der Waals surface area contributed by atoms with Crippen molar-refractivity contribution in [3.63, 3.8) is 0 Å². The summed E-state index contributed by atoms with van der Waals surface area (Å²) >= 11 is 0. The van der Waals surface area contributed by atoms with Gasteiger partial charge in [0.2, 0.25) is 0 Å². The number of ether oxygens (including phenoxy) is 1. The first-order valence-corrected chi connectivity index (χ1v) is 6.08. The van der Waals surface area contributed by atoms with E-state index in [1.165, 1.54) is 0 Å². The normalized spacial score (nSPS) is 24.1. The number of hydrogen-bond donors (Lipinski definition) is 1. The lowest BCUT2D eigenvalue weighted by Crippen LogP contribution is -2.23. The molecule has 1 unspecified atom stereocenters. The molecule has 0 fully saturated rings. The largest absolute Gasteiger partial charge is 0.446 e. The van der Waals surface area contributed by atoms with Gasteiger partial charge in [0.1, 0.15) is 6.10 Å². The van der Waals surface area contributed by atoms with Crippen LogP contribution in [0.15, 0.2) is 10.2 Å². The van der Waals surface area contributed by atoms with Gasteiger partial charge in [-0.05, 0) is 38.5 Å². The molecule has 92 valence electrons. The molecule has 16 heavy (non-hydrogen) atoms. The quantitative estimate of drug-likeness (QED) is 0.747. The Labute approximate surface area is 96.4 Å². The molecular formula is C11H21N3O2. The fourth-order valence-electron chi connectivity index (χ4n) is 1.85. The highest BCUT2D eigenvalue weighted by molar-refractivity contribution is 5.64. The van der Waals surface area contributed by atoms with E-state index in [1.807, 2.05) is 0 Å². The van der Waals surface area contributed by atoms with Crippen LogP contribution < -0.4 is 5.73 Å². The van der Waals surface area contributed by atoms with Gasteiger partial charge in [0, 0.05) is 0 Å². The van der Waals surface area contributed by atoms with Gasteiger partial charge < -0.3 is 10.5 Å². The number of azo groups is 1. The van der Waals surface area contributed by atoms with E-state index in [2.05, 4.69) is 10.2 Å². The molecule has 5 nitrogen and oxygen atoms in total. The summed E-state index contributed by atoms with van der Waals surface area (Å²) in [6.07, 6.45) is 6.39. The fourth-order valence-corrected chi connectivity index (χ4v) is 1.85. The minimum atomic E-state index is -0.656. The third-order valence-corrected chi connectivity index (χ3v) is 2.70. The van der Waals surface area contributed by atoms with Crippen molar-refractivity contribution < 1.29 is 9.53 Å². The number of nitrogens with zero attached hydrogens (tertiary/aromatic N) is 2. The van der Waals surface area contributed by atoms with Crippen LogP contribution in [-0.2, 0) is 4.74 Å². The zero-order valence-electron chi connectivity index (χ0n) is 9.73. The van der Waals surface area contributed by atoms with Crippen LogP contribution >= 0.6 is 0 Å². The van der Waals surface area contributed by atoms with Crippen LogP contribution in [-0.4, -0.2) is 25.3 Å². The Morgan fingerprint density at radius 1 is 1.00 bits per heavy atom. The maximum absolute atomic E-state index is 10.7. The van der Waals surface area contributed by atoms with E-state index < -0.39 is 6.09 Å². The molecule has 1 atom stereocenters. The molecule has 1 aliphatic heterocycles. The van der Waals surface area contributed by atoms with Gasteiger partial charge in [-0.15, -0.1) is 0 Å². The summed E-state index contributed by atoms with van der Waals surface area (Å²) in [4.78, 5) is 10.7. The molecule has 1 heterocycles. The summed E-state index contributed by atoms with van der Waals surface area (Å²) in [5.74, 6) is 0. The SMILES string of the molecule is NC(=O)OC1CCCCCN=NCCCC1. The monoisotopic (exact) mass is 227 g/mol. The Balaban J connectivity index is 2.33. The van der Waals surface area contributed by atoms with E-state index in [0.717, 1.165) is 58.0 Å². The van der Waals surface area contributed by atoms with Crippen molar-refractivity contribution >= 4 is 6.09 Å². The summed E-state index contributed by atoms with van der Waals surface area (Å²) in [5.41, 5.74) is 5.04. The maximum Gasteiger partial charge on any atom is 0.404 e. The number of carbonyl (C=O) groups excluding carboxylic acids is 1. The van der Waals surface area contributed by atoms with Crippen molar-refractivity contribution in [3.8, 4) is 0 Å². The standard InChI is InChI=1S/C11H21N3O2/c12-11(15)16-10-6-2-1-4-8-13-14-9-5-3-7-10/h10H,1-9H2,(H2,12,15). The van der Waals surface area contributed by atoms with Crippen LogP contribution in [0.25, 0.3) is 0 Å². The minimum absolute atomic E-state index is 0.00568. The first-order valence-electron chi connectivity index (χ1n) is 6.08. The van der Waals surface area contributed by atoms with Crippen LogP contribution in [0.3, 0.4) is 0 Å². The second kappa shape index (κ2) is 8.07. The molecule has 1 amide bonds. The number of nitrogens with two attached hydrogens (primary N) is 1. The van der Waals surface area contributed by atoms with Crippen LogP contribution in [0.1, 0.15) is 44.9 Å². The first kappa shape index (κ1) is 12.9. The summed E-state index contributed by atoms with van der Waals surface area (Å²) in [5, 5.41) is 8.18. The number of hydrogen-bond acceptors (Lipinski definition) is 4. The van der Waals surface area contributed by atoms with Crippen LogP contribution in [0.2, 0.25) is 0 Å². The van der Waals surface area contributed by atoms with E-state index in [0.29, 0.717) is 0 Å². The highest BCUT2D eigenvalue weighted by Gasteiger charge is 2.12. The molecule has 0 aromatic rings. The lowest BCUT2D eigenvalue weighted by Gasteiger charge is -2.16. The molecule has 1 aliphatic rings. The molecule has 1 rings (SSSR count). The van der Waals surface area contributed by atoms with Crippen molar-refractivity contribution in [2.75, 3.05) is 13.1 Å². The molecular weight excluding hydrogens is 206 g/mol. The summed E-state index contributed by atoms with van der Waals surface area (Å²) < 4.78 is 5.08. The first-order chi connectivity index (χ1) is 7.79. The summed E-state index contributed by atoms with van der Waals surface area (Å²) in [7, 11) is 0. The Bertz CT molecular complexity index is 231. The predicted molar refractivity (Wildman–Crippen MR) is 61.4 cm³/mol. The van der Waals surface area contributed by atoms with Crippen LogP contribution in [0.4, 0.5) is 4.79 Å². The van der Waals surface area contributed by atoms with Gasteiger partial charge in [-0.25, -0.2) is 4.79 Å². The van der Waals surface area contributed by atoms with Crippen LogP contribution in [0, 0.1) is 0 Å². The van der Waals surface area contributed by atoms with E-state index in [9.17, 15) is 4.79 Å². The van der Waals surface area contributed by atoms with Gasteiger partial charge in [0.15, 0.2) is 0 Å². The zero-order valence-corrected chi connectivity index (χ0v) is 9.73. The maximum atomic E-state index is 10.7. The van der Waals surface area contributed by atoms with E-state index in [4.69, 9.17) is 10.5 Å².